The van der Waals surface area contributed by atoms with Crippen LogP contribution in [-0.2, 0) is 30.2 Å². The highest BCUT2D eigenvalue weighted by atomic mass is 16.6. The van der Waals surface area contributed by atoms with E-state index in [0.29, 0.717) is 17.9 Å². The van der Waals surface area contributed by atoms with Gasteiger partial charge in [-0.15, -0.1) is 0 Å². The number of allylic oxidation sites excluding steroid dienone is 1. The molecule has 3 unspecified atom stereocenters. The number of amides is 2. The quantitative estimate of drug-likeness (QED) is 0.240. The van der Waals surface area contributed by atoms with Crippen molar-refractivity contribution in [1.82, 2.24) is 4.90 Å². The average Bonchev–Trinajstić information content (AvgIpc) is 3.38. The lowest BCUT2D eigenvalue weighted by molar-refractivity contribution is -0.155. The molecule has 0 aromatic heterocycles. The molecule has 0 spiro atoms. The van der Waals surface area contributed by atoms with Crippen molar-refractivity contribution in [2.75, 3.05) is 13.2 Å². The topological polar surface area (TPSA) is 112 Å². The van der Waals surface area contributed by atoms with Gasteiger partial charge < -0.3 is 24.1 Å². The zero-order valence-electron chi connectivity index (χ0n) is 26.5. The van der Waals surface area contributed by atoms with Gasteiger partial charge in [-0.1, -0.05) is 54.6 Å². The highest BCUT2D eigenvalue weighted by Crippen LogP contribution is 2.26. The first-order valence-corrected chi connectivity index (χ1v) is 15.0. The van der Waals surface area contributed by atoms with E-state index in [9.17, 15) is 14.4 Å². The Morgan fingerprint density at radius 2 is 1.58 bits per heavy atom. The Bertz CT molecular complexity index is 1240. The monoisotopic (exact) mass is 597 g/mol. The van der Waals surface area contributed by atoms with Crippen LogP contribution in [0.4, 0.5) is 9.59 Å². The van der Waals surface area contributed by atoms with Crippen molar-refractivity contribution in [3.8, 4) is 0 Å². The summed E-state index contributed by atoms with van der Waals surface area (Å²) in [6.07, 6.45) is 4.56. The van der Waals surface area contributed by atoms with Gasteiger partial charge >= 0.3 is 18.2 Å². The molecule has 2 aromatic carbocycles. The predicted molar refractivity (Wildman–Crippen MR) is 165 cm³/mol. The lowest BCUT2D eigenvalue weighted by Gasteiger charge is -2.32. The average molecular weight is 598 g/mol. The van der Waals surface area contributed by atoms with E-state index in [1.54, 1.807) is 41.5 Å². The third-order valence-electron chi connectivity index (χ3n) is 6.75. The van der Waals surface area contributed by atoms with E-state index in [1.165, 1.54) is 10.9 Å². The number of rotatable bonds is 3. The summed E-state index contributed by atoms with van der Waals surface area (Å²) < 4.78 is 22.5. The molecule has 1 aliphatic heterocycles. The smallest absolute Gasteiger partial charge is 0.420 e. The number of imide groups is 1. The summed E-state index contributed by atoms with van der Waals surface area (Å²) >= 11 is 0. The molecule has 2 aliphatic rings. The van der Waals surface area contributed by atoms with Crippen LogP contribution in [0.2, 0.25) is 0 Å². The molecule has 9 nitrogen and oxygen atoms in total. The second-order valence-corrected chi connectivity index (χ2v) is 13.1. The summed E-state index contributed by atoms with van der Waals surface area (Å²) in [5.41, 5.74) is -0.597. The van der Waals surface area contributed by atoms with Gasteiger partial charge in [0.25, 0.3) is 0 Å². The van der Waals surface area contributed by atoms with E-state index in [0.717, 1.165) is 24.6 Å². The van der Waals surface area contributed by atoms with Crippen LogP contribution in [0.1, 0.15) is 73.3 Å². The second kappa shape index (κ2) is 14.8. The van der Waals surface area contributed by atoms with Gasteiger partial charge in [0.1, 0.15) is 11.2 Å². The molecule has 4 atom stereocenters. The molecule has 1 N–H and O–H groups in total. The van der Waals surface area contributed by atoms with Crippen LogP contribution in [-0.4, -0.2) is 70.8 Å². The zero-order chi connectivity index (χ0) is 31.8. The van der Waals surface area contributed by atoms with Crippen LogP contribution in [0.15, 0.2) is 54.6 Å². The van der Waals surface area contributed by atoms with Crippen LogP contribution in [0.5, 0.6) is 0 Å². The lowest BCUT2D eigenvalue weighted by atomic mass is 9.92. The Balaban J connectivity index is 0.000000749. The number of hydrogen-bond acceptors (Lipinski definition) is 8. The molecule has 0 radical (unpaired) electrons. The number of aliphatic hydroxyl groups is 1. The molecular formula is C34H47NO8. The van der Waals surface area contributed by atoms with Gasteiger partial charge in [-0.25, -0.2) is 14.4 Å². The fraction of sp³-hybridized carbons (Fsp3) is 0.559. The van der Waals surface area contributed by atoms with Crippen molar-refractivity contribution in [3.05, 3.63) is 60.2 Å². The van der Waals surface area contributed by atoms with Crippen molar-refractivity contribution in [2.45, 2.75) is 104 Å². The highest BCUT2D eigenvalue weighted by Gasteiger charge is 2.42. The molecule has 9 heteroatoms. The molecule has 1 heterocycles. The van der Waals surface area contributed by atoms with Gasteiger partial charge in [0.05, 0.1) is 18.8 Å². The Kier molecular flexibility index (Phi) is 11.8. The SMILES string of the molecule is CC1CC(Cc2cccc3ccccc23)COC[C@H](N(C(=O)OC(C)(C)C)C(=O)OC(C)(C)C)C(=O)O1.OC1C=CCC1. The van der Waals surface area contributed by atoms with Crippen molar-refractivity contribution in [1.29, 1.82) is 0 Å². The van der Waals surface area contributed by atoms with Crippen LogP contribution < -0.4 is 0 Å². The van der Waals surface area contributed by atoms with Crippen LogP contribution in [0.3, 0.4) is 0 Å². The van der Waals surface area contributed by atoms with E-state index < -0.39 is 41.5 Å². The zero-order valence-corrected chi connectivity index (χ0v) is 26.5. The molecule has 4 rings (SSSR count). The number of benzene rings is 2. The normalized spacial score (nSPS) is 22.7. The van der Waals surface area contributed by atoms with E-state index in [4.69, 9.17) is 24.1 Å². The third-order valence-corrected chi connectivity index (χ3v) is 6.75. The molecule has 1 aliphatic carbocycles. The van der Waals surface area contributed by atoms with Gasteiger partial charge in [0, 0.05) is 6.61 Å². The molecule has 0 saturated carbocycles. The maximum atomic E-state index is 13.2. The van der Waals surface area contributed by atoms with E-state index in [1.807, 2.05) is 37.3 Å². The number of aliphatic hydroxyl groups excluding tert-OH is 1. The molecule has 2 amide bonds. The van der Waals surface area contributed by atoms with Crippen molar-refractivity contribution < 1.29 is 38.4 Å². The predicted octanol–water partition coefficient (Wildman–Crippen LogP) is 6.59. The summed E-state index contributed by atoms with van der Waals surface area (Å²) in [6.45, 7) is 12.0. The maximum absolute atomic E-state index is 13.2. The summed E-state index contributed by atoms with van der Waals surface area (Å²) in [5, 5.41) is 11.0. The second-order valence-electron chi connectivity index (χ2n) is 13.1. The first-order chi connectivity index (χ1) is 20.1. The van der Waals surface area contributed by atoms with Crippen LogP contribution >= 0.6 is 0 Å². The number of fused-ring (bicyclic) bond motifs is 1. The number of nitrogens with zero attached hydrogens (tertiary/aromatic N) is 1. The summed E-state index contributed by atoms with van der Waals surface area (Å²) in [5.74, 6) is -0.682. The molecule has 0 bridgehead atoms. The number of hydrogen-bond donors (Lipinski definition) is 1. The van der Waals surface area contributed by atoms with E-state index in [-0.39, 0.29) is 18.6 Å². The third kappa shape index (κ3) is 11.0. The lowest BCUT2D eigenvalue weighted by Crippen LogP contribution is -2.54. The highest BCUT2D eigenvalue weighted by molar-refractivity contribution is 5.94. The van der Waals surface area contributed by atoms with Gasteiger partial charge in [-0.3, -0.25) is 0 Å². The van der Waals surface area contributed by atoms with Gasteiger partial charge in [0.15, 0.2) is 6.04 Å². The fourth-order valence-electron chi connectivity index (χ4n) is 4.95. The van der Waals surface area contributed by atoms with E-state index in [2.05, 4.69) is 24.3 Å². The Labute approximate surface area is 255 Å². The Hall–Kier alpha value is -3.43. The van der Waals surface area contributed by atoms with Crippen LogP contribution in [0, 0.1) is 5.92 Å². The molecule has 43 heavy (non-hydrogen) atoms. The summed E-state index contributed by atoms with van der Waals surface area (Å²) in [7, 11) is 0. The Morgan fingerprint density at radius 1 is 0.953 bits per heavy atom. The standard InChI is InChI=1S/C29H39NO7.C5H8O/c1-19-15-20(16-22-13-10-12-21-11-8-9-14-23(21)22)17-34-18-24(25(31)35-19)30(26(32)36-28(2,3)4)27(33)37-29(5,6)7;6-5-3-1-2-4-5/h8-14,19-20,24H,15-18H2,1-7H3;1,3,5-6H,2,4H2/t19?,20?,24-;/m0./s1. The maximum Gasteiger partial charge on any atom is 0.420 e. The number of ether oxygens (including phenoxy) is 4. The van der Waals surface area contributed by atoms with Crippen molar-refractivity contribution in [3.63, 3.8) is 0 Å². The minimum atomic E-state index is -1.34. The van der Waals surface area contributed by atoms with E-state index >= 15 is 0 Å². The van der Waals surface area contributed by atoms with Crippen LogP contribution in [0.25, 0.3) is 10.8 Å². The molecule has 2 aromatic rings. The number of esters is 1. The largest absolute Gasteiger partial charge is 0.461 e. The summed E-state index contributed by atoms with van der Waals surface area (Å²) in [4.78, 5) is 40.0. The van der Waals surface area contributed by atoms with Gasteiger partial charge in [-0.05, 0) is 96.4 Å². The molecular weight excluding hydrogens is 550 g/mol. The fourth-order valence-corrected chi connectivity index (χ4v) is 4.95. The van der Waals surface area contributed by atoms with Gasteiger partial charge in [0.2, 0.25) is 0 Å². The van der Waals surface area contributed by atoms with Crippen molar-refractivity contribution in [2.24, 2.45) is 5.92 Å². The minimum absolute atomic E-state index is 0.0591. The molecule has 1 saturated heterocycles. The molecule has 236 valence electrons. The number of carbonyl (C=O) groups is 3. The first-order valence-electron chi connectivity index (χ1n) is 15.0. The summed E-state index contributed by atoms with van der Waals surface area (Å²) in [6, 6.07) is 13.1. The molecule has 1 fully saturated rings. The number of cyclic esters (lactones) is 1. The Morgan fingerprint density at radius 3 is 2.14 bits per heavy atom. The van der Waals surface area contributed by atoms with Gasteiger partial charge in [-0.2, -0.15) is 4.90 Å². The van der Waals surface area contributed by atoms with Crippen molar-refractivity contribution >= 4 is 28.9 Å². The number of carbonyl (C=O) groups excluding carboxylic acids is 3. The minimum Gasteiger partial charge on any atom is -0.461 e. The first kappa shape index (κ1) is 34.1.